The van der Waals surface area contributed by atoms with Crippen LogP contribution in [0, 0.1) is 6.92 Å². The maximum absolute atomic E-state index is 2.59. The lowest BCUT2D eigenvalue weighted by molar-refractivity contribution is 0.591. The maximum Gasteiger partial charge on any atom is 0.0714 e. The van der Waals surface area contributed by atoms with E-state index < -0.39 is 8.07 Å². The first kappa shape index (κ1) is 25.1. The van der Waals surface area contributed by atoms with Crippen LogP contribution >= 0.6 is 0 Å². The van der Waals surface area contributed by atoms with E-state index >= 15 is 0 Å². The molecule has 0 nitrogen and oxygen atoms in total. The Morgan fingerprint density at radius 2 is 1.24 bits per heavy atom. The molecular weight excluding hydrogens is 472 g/mol. The summed E-state index contributed by atoms with van der Waals surface area (Å²) in [5.74, 6) is 0. The van der Waals surface area contributed by atoms with Gasteiger partial charge in [-0.1, -0.05) is 126 Å². The van der Waals surface area contributed by atoms with Gasteiger partial charge in [-0.05, 0) is 16.2 Å². The largest absolute Gasteiger partial charge is 0.173 e. The number of rotatable bonds is 2. The molecule has 6 aromatic carbocycles. The first-order chi connectivity index (χ1) is 17.8. The van der Waals surface area contributed by atoms with Crippen molar-refractivity contribution in [3.63, 3.8) is 0 Å². The van der Waals surface area contributed by atoms with Gasteiger partial charge in [0, 0.05) is 0 Å². The lowest BCUT2D eigenvalue weighted by Crippen LogP contribution is -2.53. The first-order valence-electron chi connectivity index (χ1n) is 14.0. The molecule has 0 aliphatic carbocycles. The summed E-state index contributed by atoms with van der Waals surface area (Å²) in [7, 11) is -2.14. The molecule has 0 N–H and O–H groups in total. The van der Waals surface area contributed by atoms with E-state index in [1.807, 2.05) is 0 Å². The quantitative estimate of drug-likeness (QED) is 0.160. The van der Waals surface area contributed by atoms with E-state index in [0.717, 1.165) is 0 Å². The van der Waals surface area contributed by atoms with Crippen molar-refractivity contribution >= 4 is 61.5 Å². The van der Waals surface area contributed by atoms with Crippen molar-refractivity contribution in [2.45, 2.75) is 72.4 Å². The van der Waals surface area contributed by atoms with E-state index in [9.17, 15) is 0 Å². The molecule has 38 heavy (non-hydrogen) atoms. The summed E-state index contributed by atoms with van der Waals surface area (Å²) in [5, 5.41) is 14.5. The third-order valence-electron chi connectivity index (χ3n) is 8.85. The van der Waals surface area contributed by atoms with Gasteiger partial charge in [0.05, 0.1) is 8.07 Å². The Balaban J connectivity index is 1.74. The van der Waals surface area contributed by atoms with Gasteiger partial charge in [-0.25, -0.2) is 0 Å². The highest BCUT2D eigenvalue weighted by atomic mass is 28.3. The Morgan fingerprint density at radius 3 is 1.95 bits per heavy atom. The molecular formula is C37H40Si-2. The van der Waals surface area contributed by atoms with Crippen LogP contribution in [0.2, 0.25) is 13.1 Å². The minimum Gasteiger partial charge on any atom is -0.173 e. The van der Waals surface area contributed by atoms with Crippen LogP contribution in [-0.4, -0.2) is 8.07 Å². The van der Waals surface area contributed by atoms with Crippen LogP contribution in [0.15, 0.2) is 78.9 Å². The summed E-state index contributed by atoms with van der Waals surface area (Å²) in [6, 6.07) is 30.5. The Labute approximate surface area is 229 Å². The van der Waals surface area contributed by atoms with E-state index in [1.54, 1.807) is 10.4 Å². The van der Waals surface area contributed by atoms with Gasteiger partial charge in [0.2, 0.25) is 0 Å². The van der Waals surface area contributed by atoms with Gasteiger partial charge in [-0.2, -0.15) is 27.6 Å². The molecule has 0 amide bonds. The van der Waals surface area contributed by atoms with E-state index in [2.05, 4.69) is 140 Å². The zero-order chi connectivity index (χ0) is 27.2. The molecule has 0 unspecified atom stereocenters. The molecule has 0 saturated heterocycles. The Morgan fingerprint density at radius 1 is 0.579 bits per heavy atom. The fraction of sp³-hybridized carbons (Fsp3) is 0.297. The Kier molecular flexibility index (Phi) is 5.40. The third kappa shape index (κ3) is 3.70. The predicted molar refractivity (Wildman–Crippen MR) is 173 cm³/mol. The highest BCUT2D eigenvalue weighted by molar-refractivity contribution is 7.05. The molecule has 6 aromatic rings. The summed E-state index contributed by atoms with van der Waals surface area (Å²) in [4.78, 5) is 0. The van der Waals surface area contributed by atoms with Crippen LogP contribution in [0.5, 0.6) is 0 Å². The summed E-state index contributed by atoms with van der Waals surface area (Å²) < 4.78 is 0. The number of benzene rings is 4. The van der Waals surface area contributed by atoms with Gasteiger partial charge in [0.25, 0.3) is 0 Å². The van der Waals surface area contributed by atoms with Gasteiger partial charge >= 0.3 is 0 Å². The minimum absolute atomic E-state index is 0.110. The third-order valence-corrected chi connectivity index (χ3v) is 12.5. The second-order valence-corrected chi connectivity index (χ2v) is 18.2. The van der Waals surface area contributed by atoms with Crippen molar-refractivity contribution in [2.75, 3.05) is 0 Å². The highest BCUT2D eigenvalue weighted by Gasteiger charge is 2.29. The van der Waals surface area contributed by atoms with Gasteiger partial charge in [0.1, 0.15) is 0 Å². The SMILES string of the molecule is C[c-]1cc2c(ccc3ccccc32)c1[Si](C)(C)c1c2cc(C(C)(C)C)ccc2c2ccc(C(C)(C)C)c[c-]12. The lowest BCUT2D eigenvalue weighted by Gasteiger charge is -2.33. The van der Waals surface area contributed by atoms with E-state index in [-0.39, 0.29) is 10.8 Å². The number of hydrogen-bond acceptors (Lipinski definition) is 0. The lowest BCUT2D eigenvalue weighted by atomic mass is 9.86. The van der Waals surface area contributed by atoms with Gasteiger partial charge in [-0.3, -0.25) is 0 Å². The molecule has 0 atom stereocenters. The molecule has 0 radical (unpaired) electrons. The second kappa shape index (κ2) is 8.17. The molecule has 0 aromatic heterocycles. The molecule has 0 aliphatic heterocycles. The summed E-state index contributed by atoms with van der Waals surface area (Å²) in [5.41, 5.74) is 4.49. The fourth-order valence-corrected chi connectivity index (χ4v) is 10.8. The van der Waals surface area contributed by atoms with Gasteiger partial charge in [0.15, 0.2) is 0 Å². The highest BCUT2D eigenvalue weighted by Crippen LogP contribution is 2.37. The molecule has 1 heteroatoms. The van der Waals surface area contributed by atoms with Gasteiger partial charge in [-0.15, -0.1) is 51.2 Å². The number of fused-ring (bicyclic) bond motifs is 6. The molecule has 0 bridgehead atoms. The van der Waals surface area contributed by atoms with Crippen LogP contribution < -0.4 is 10.4 Å². The fourth-order valence-electron chi connectivity index (χ4n) is 6.85. The minimum atomic E-state index is -2.14. The summed E-state index contributed by atoms with van der Waals surface area (Å²) >= 11 is 0. The zero-order valence-corrected chi connectivity index (χ0v) is 25.5. The average molecular weight is 513 g/mol. The van der Waals surface area contributed by atoms with E-state index in [4.69, 9.17) is 0 Å². The van der Waals surface area contributed by atoms with E-state index in [1.165, 1.54) is 59.8 Å². The molecule has 0 spiro atoms. The van der Waals surface area contributed by atoms with Crippen molar-refractivity contribution in [3.05, 3.63) is 95.6 Å². The molecule has 0 saturated carbocycles. The normalized spacial score (nSPS) is 13.4. The molecule has 6 rings (SSSR count). The van der Waals surface area contributed by atoms with Crippen molar-refractivity contribution in [3.8, 4) is 0 Å². The Hall–Kier alpha value is -3.16. The molecule has 0 aliphatic rings. The zero-order valence-electron chi connectivity index (χ0n) is 24.5. The first-order valence-corrected chi connectivity index (χ1v) is 17.0. The summed E-state index contributed by atoms with van der Waals surface area (Å²) in [6.45, 7) is 21.5. The monoisotopic (exact) mass is 512 g/mol. The van der Waals surface area contributed by atoms with E-state index in [0.29, 0.717) is 0 Å². The summed E-state index contributed by atoms with van der Waals surface area (Å²) in [6.07, 6.45) is 0. The molecule has 194 valence electrons. The van der Waals surface area contributed by atoms with Crippen molar-refractivity contribution in [1.82, 2.24) is 0 Å². The van der Waals surface area contributed by atoms with Gasteiger partial charge < -0.3 is 0 Å². The van der Waals surface area contributed by atoms with Crippen molar-refractivity contribution in [1.29, 1.82) is 0 Å². The predicted octanol–water partition coefficient (Wildman–Crippen LogP) is 9.46. The van der Waals surface area contributed by atoms with Crippen molar-refractivity contribution < 1.29 is 0 Å². The average Bonchev–Trinajstić information content (AvgIpc) is 3.37. The van der Waals surface area contributed by atoms with Crippen LogP contribution in [0.3, 0.4) is 0 Å². The van der Waals surface area contributed by atoms with Crippen LogP contribution in [0.4, 0.5) is 0 Å². The second-order valence-electron chi connectivity index (χ2n) is 14.0. The smallest absolute Gasteiger partial charge is 0.0714 e. The maximum atomic E-state index is 2.59. The van der Waals surface area contributed by atoms with Crippen LogP contribution in [0.1, 0.15) is 58.2 Å². The van der Waals surface area contributed by atoms with Crippen LogP contribution in [0.25, 0.3) is 43.1 Å². The topological polar surface area (TPSA) is 0 Å². The molecule has 0 fully saturated rings. The number of hydrogen-bond donors (Lipinski definition) is 0. The Bertz CT molecular complexity index is 1780. The number of aryl methyl sites for hydroxylation is 1. The standard InChI is InChI=1S/C37H40Si/c1-23-20-31-27-13-11-10-12-24(27)14-17-30(31)34(23)38(8,9)35-32-21-25(36(2,3)4)15-18-28(32)29-19-16-26(22-33(29)35)37(5,6)7/h10-22H,1-9H3/q-2. The van der Waals surface area contributed by atoms with Crippen LogP contribution in [-0.2, 0) is 10.8 Å². The van der Waals surface area contributed by atoms with Crippen molar-refractivity contribution in [2.24, 2.45) is 0 Å². The molecule has 0 heterocycles.